The van der Waals surface area contributed by atoms with Gasteiger partial charge in [0.2, 0.25) is 0 Å². The second-order valence-corrected chi connectivity index (χ2v) is 7.25. The second-order valence-electron chi connectivity index (χ2n) is 7.25. The van der Waals surface area contributed by atoms with Gasteiger partial charge in [-0.25, -0.2) is 9.59 Å². The summed E-state index contributed by atoms with van der Waals surface area (Å²) >= 11 is 0. The Kier molecular flexibility index (Phi) is 5.86. The van der Waals surface area contributed by atoms with Crippen molar-refractivity contribution < 1.29 is 19.1 Å². The molecule has 0 heterocycles. The third-order valence-corrected chi connectivity index (χ3v) is 4.19. The molecule has 1 aliphatic carbocycles. The molecule has 0 bridgehead atoms. The Labute approximate surface area is 143 Å². The van der Waals surface area contributed by atoms with Gasteiger partial charge < -0.3 is 14.8 Å². The third kappa shape index (κ3) is 4.98. The lowest BCUT2D eigenvalue weighted by Crippen LogP contribution is -2.45. The Balaban J connectivity index is 2.10. The lowest BCUT2D eigenvalue weighted by molar-refractivity contribution is -0.143. The monoisotopic (exact) mass is 333 g/mol. The van der Waals surface area contributed by atoms with Crippen molar-refractivity contribution >= 4 is 12.1 Å². The zero-order valence-electron chi connectivity index (χ0n) is 14.9. The molecule has 0 saturated heterocycles. The molecule has 0 aromatic heterocycles. The average Bonchev–Trinajstić information content (AvgIpc) is 2.52. The number of alkyl carbamates (subject to hydrolysis) is 1. The maximum absolute atomic E-state index is 12.1. The van der Waals surface area contributed by atoms with E-state index in [9.17, 15) is 9.59 Å². The zero-order valence-corrected chi connectivity index (χ0v) is 14.9. The van der Waals surface area contributed by atoms with Crippen LogP contribution in [0.25, 0.3) is 0 Å². The van der Waals surface area contributed by atoms with Crippen LogP contribution in [0.4, 0.5) is 4.79 Å². The minimum absolute atomic E-state index is 0.231. The number of fused-ring (bicyclic) bond motifs is 1. The van der Waals surface area contributed by atoms with Crippen molar-refractivity contribution in [2.45, 2.75) is 64.0 Å². The van der Waals surface area contributed by atoms with E-state index in [1.54, 1.807) is 20.8 Å². The number of carbonyl (C=O) groups is 2. The minimum Gasteiger partial charge on any atom is -0.467 e. The van der Waals surface area contributed by atoms with Crippen molar-refractivity contribution in [2.24, 2.45) is 0 Å². The van der Waals surface area contributed by atoms with Crippen LogP contribution < -0.4 is 5.32 Å². The molecular formula is C19H27NO4. The molecule has 5 nitrogen and oxygen atoms in total. The van der Waals surface area contributed by atoms with Crippen LogP contribution in [0.5, 0.6) is 0 Å². The van der Waals surface area contributed by atoms with Gasteiger partial charge >= 0.3 is 12.1 Å². The number of methoxy groups -OCH3 is 1. The first-order valence-electron chi connectivity index (χ1n) is 8.45. The Hall–Kier alpha value is -2.04. The van der Waals surface area contributed by atoms with Gasteiger partial charge in [0, 0.05) is 0 Å². The summed E-state index contributed by atoms with van der Waals surface area (Å²) in [5, 5.41) is 2.67. The number of hydrogen-bond donors (Lipinski definition) is 1. The van der Waals surface area contributed by atoms with Crippen LogP contribution in [0.3, 0.4) is 0 Å². The molecule has 0 radical (unpaired) electrons. The first kappa shape index (κ1) is 18.3. The number of nitrogens with one attached hydrogen (secondary N) is 1. The molecule has 0 fully saturated rings. The lowest BCUT2D eigenvalue weighted by atomic mass is 9.79. The van der Waals surface area contributed by atoms with Crippen molar-refractivity contribution in [1.82, 2.24) is 5.32 Å². The quantitative estimate of drug-likeness (QED) is 0.856. The molecule has 1 N–H and O–H groups in total. The maximum Gasteiger partial charge on any atom is 0.408 e. The van der Waals surface area contributed by atoms with Gasteiger partial charge in [-0.3, -0.25) is 0 Å². The first-order valence-corrected chi connectivity index (χ1v) is 8.45. The van der Waals surface area contributed by atoms with Crippen LogP contribution in [-0.2, 0) is 20.7 Å². The Morgan fingerprint density at radius 2 is 2.00 bits per heavy atom. The van der Waals surface area contributed by atoms with Crippen LogP contribution in [-0.4, -0.2) is 30.8 Å². The molecule has 0 aliphatic heterocycles. The summed E-state index contributed by atoms with van der Waals surface area (Å²) in [6, 6.07) is 7.60. The zero-order chi connectivity index (χ0) is 17.7. The summed E-state index contributed by atoms with van der Waals surface area (Å²) in [6.07, 6.45) is 3.07. The molecular weight excluding hydrogens is 306 g/mol. The predicted molar refractivity (Wildman–Crippen MR) is 91.9 cm³/mol. The number of benzene rings is 1. The molecule has 132 valence electrons. The topological polar surface area (TPSA) is 64.6 Å². The van der Waals surface area contributed by atoms with Gasteiger partial charge in [-0.1, -0.05) is 24.3 Å². The van der Waals surface area contributed by atoms with Crippen LogP contribution in [0.15, 0.2) is 24.3 Å². The smallest absolute Gasteiger partial charge is 0.408 e. The minimum atomic E-state index is -0.707. The van der Waals surface area contributed by atoms with Gasteiger partial charge in [-0.15, -0.1) is 0 Å². The standard InChI is InChI=1S/C19H27NO4/c1-19(2,3)24-18(22)20-16(17(21)23-4)12-14-10-7-9-13-8-5-6-11-15(13)14/h5-6,8,11,14,16H,7,9-10,12H2,1-4H3,(H,20,22)/t14?,16-/m1/s1. The highest BCUT2D eigenvalue weighted by atomic mass is 16.6. The highest BCUT2D eigenvalue weighted by molar-refractivity contribution is 5.81. The molecule has 1 aromatic rings. The average molecular weight is 333 g/mol. The van der Waals surface area contributed by atoms with Crippen LogP contribution >= 0.6 is 0 Å². The number of rotatable bonds is 4. The van der Waals surface area contributed by atoms with Crippen molar-refractivity contribution in [3.63, 3.8) is 0 Å². The Morgan fingerprint density at radius 3 is 2.67 bits per heavy atom. The van der Waals surface area contributed by atoms with Crippen LogP contribution in [0.2, 0.25) is 0 Å². The van der Waals surface area contributed by atoms with E-state index >= 15 is 0 Å². The summed E-state index contributed by atoms with van der Waals surface area (Å²) in [7, 11) is 1.33. The molecule has 1 aromatic carbocycles. The number of hydrogen-bond acceptors (Lipinski definition) is 4. The fraction of sp³-hybridized carbons (Fsp3) is 0.579. The fourth-order valence-electron chi connectivity index (χ4n) is 3.19. The van der Waals surface area contributed by atoms with Gasteiger partial charge in [-0.2, -0.15) is 0 Å². The van der Waals surface area contributed by atoms with E-state index in [-0.39, 0.29) is 5.92 Å². The molecule has 2 rings (SSSR count). The van der Waals surface area contributed by atoms with E-state index in [1.807, 2.05) is 12.1 Å². The van der Waals surface area contributed by atoms with E-state index < -0.39 is 23.7 Å². The van der Waals surface area contributed by atoms with Gasteiger partial charge in [0.15, 0.2) is 0 Å². The molecule has 1 aliphatic rings. The molecule has 1 amide bonds. The van der Waals surface area contributed by atoms with Crippen molar-refractivity contribution in [3.05, 3.63) is 35.4 Å². The molecule has 0 saturated carbocycles. The molecule has 0 spiro atoms. The summed E-state index contributed by atoms with van der Waals surface area (Å²) in [5.74, 6) is -0.210. The summed E-state index contributed by atoms with van der Waals surface area (Å²) in [5.41, 5.74) is 1.99. The van der Waals surface area contributed by atoms with E-state index in [1.165, 1.54) is 18.2 Å². The Bertz CT molecular complexity index is 591. The van der Waals surface area contributed by atoms with Gasteiger partial charge in [0.25, 0.3) is 0 Å². The molecule has 5 heteroatoms. The summed E-state index contributed by atoms with van der Waals surface area (Å²) < 4.78 is 10.1. The molecule has 2 atom stereocenters. The normalized spacial score (nSPS) is 18.2. The van der Waals surface area contributed by atoms with Crippen LogP contribution in [0.1, 0.15) is 57.1 Å². The van der Waals surface area contributed by atoms with Crippen molar-refractivity contribution in [2.75, 3.05) is 7.11 Å². The number of amides is 1. The summed E-state index contributed by atoms with van der Waals surface area (Å²) in [6.45, 7) is 5.37. The maximum atomic E-state index is 12.1. The highest BCUT2D eigenvalue weighted by Crippen LogP contribution is 2.34. The Morgan fingerprint density at radius 1 is 1.29 bits per heavy atom. The van der Waals surface area contributed by atoms with Crippen LogP contribution in [0, 0.1) is 0 Å². The number of esters is 1. The van der Waals surface area contributed by atoms with Crippen molar-refractivity contribution in [3.8, 4) is 0 Å². The van der Waals surface area contributed by atoms with Crippen molar-refractivity contribution in [1.29, 1.82) is 0 Å². The van der Waals surface area contributed by atoms with Gasteiger partial charge in [0.1, 0.15) is 11.6 Å². The second kappa shape index (κ2) is 7.69. The van der Waals surface area contributed by atoms with E-state index in [2.05, 4.69) is 17.4 Å². The highest BCUT2D eigenvalue weighted by Gasteiger charge is 2.30. The number of carbonyl (C=O) groups excluding carboxylic acids is 2. The molecule has 1 unspecified atom stereocenters. The largest absolute Gasteiger partial charge is 0.467 e. The number of aryl methyl sites for hydroxylation is 1. The molecule has 24 heavy (non-hydrogen) atoms. The fourth-order valence-corrected chi connectivity index (χ4v) is 3.19. The summed E-state index contributed by atoms with van der Waals surface area (Å²) in [4.78, 5) is 24.1. The number of ether oxygens (including phenoxy) is 2. The predicted octanol–water partition coefficient (Wildman–Crippen LogP) is 3.56. The van der Waals surface area contributed by atoms with Gasteiger partial charge in [-0.05, 0) is 63.5 Å². The lowest BCUT2D eigenvalue weighted by Gasteiger charge is -2.29. The van der Waals surface area contributed by atoms with E-state index in [4.69, 9.17) is 9.47 Å². The first-order chi connectivity index (χ1) is 11.3. The SMILES string of the molecule is COC(=O)[C@@H](CC1CCCc2ccccc21)NC(=O)OC(C)(C)C. The van der Waals surface area contributed by atoms with E-state index in [0.717, 1.165) is 19.3 Å². The van der Waals surface area contributed by atoms with E-state index in [0.29, 0.717) is 6.42 Å². The van der Waals surface area contributed by atoms with Gasteiger partial charge in [0.05, 0.1) is 7.11 Å². The third-order valence-electron chi connectivity index (χ3n) is 4.19.